The molecule has 0 atom stereocenters. The van der Waals surface area contributed by atoms with Gasteiger partial charge < -0.3 is 10.2 Å². The number of rotatable bonds is 7. The highest BCUT2D eigenvalue weighted by molar-refractivity contribution is 9.10. The molecule has 154 valence electrons. The number of halogens is 1. The van der Waals surface area contributed by atoms with Crippen molar-refractivity contribution in [3.05, 3.63) is 64.6 Å². The molecule has 1 fully saturated rings. The molecule has 29 heavy (non-hydrogen) atoms. The van der Waals surface area contributed by atoms with Gasteiger partial charge in [-0.3, -0.25) is 19.4 Å². The number of amides is 2. The second kappa shape index (κ2) is 10.5. The molecule has 0 aliphatic carbocycles. The smallest absolute Gasteiger partial charge is 0.244 e. The van der Waals surface area contributed by atoms with E-state index in [1.165, 1.54) is 10.5 Å². The first-order valence-corrected chi connectivity index (χ1v) is 10.6. The van der Waals surface area contributed by atoms with E-state index in [-0.39, 0.29) is 18.4 Å². The predicted octanol–water partition coefficient (Wildman–Crippen LogP) is 2.66. The Morgan fingerprint density at radius 1 is 0.966 bits per heavy atom. The Morgan fingerprint density at radius 2 is 1.59 bits per heavy atom. The van der Waals surface area contributed by atoms with Crippen molar-refractivity contribution >= 4 is 33.4 Å². The number of hydrogen-bond acceptors (Lipinski definition) is 4. The van der Waals surface area contributed by atoms with Gasteiger partial charge in [-0.1, -0.05) is 42.5 Å². The van der Waals surface area contributed by atoms with Crippen molar-refractivity contribution in [3.8, 4) is 0 Å². The quantitative estimate of drug-likeness (QED) is 0.692. The third-order valence-corrected chi connectivity index (χ3v) is 5.72. The molecule has 0 unspecified atom stereocenters. The lowest BCUT2D eigenvalue weighted by atomic mass is 10.2. The van der Waals surface area contributed by atoms with E-state index in [2.05, 4.69) is 55.3 Å². The average Bonchev–Trinajstić information content (AvgIpc) is 2.72. The van der Waals surface area contributed by atoms with Crippen LogP contribution < -0.4 is 5.32 Å². The van der Waals surface area contributed by atoms with Crippen LogP contribution in [0, 0.1) is 0 Å². The van der Waals surface area contributed by atoms with Gasteiger partial charge in [0.1, 0.15) is 0 Å². The van der Waals surface area contributed by atoms with Gasteiger partial charge in [-0.25, -0.2) is 0 Å². The largest absolute Gasteiger partial charge is 0.335 e. The second-order valence-corrected chi connectivity index (χ2v) is 8.17. The summed E-state index contributed by atoms with van der Waals surface area (Å²) < 4.78 is 0.815. The Hall–Kier alpha value is -2.22. The minimum Gasteiger partial charge on any atom is -0.335 e. The molecule has 2 amide bonds. The first kappa shape index (κ1) is 21.5. The monoisotopic (exact) mass is 458 g/mol. The summed E-state index contributed by atoms with van der Waals surface area (Å²) >= 11 is 3.41. The number of benzene rings is 2. The number of carbonyl (C=O) groups is 2. The van der Waals surface area contributed by atoms with E-state index in [4.69, 9.17) is 0 Å². The average molecular weight is 459 g/mol. The van der Waals surface area contributed by atoms with Crippen molar-refractivity contribution in [2.45, 2.75) is 6.54 Å². The maximum atomic E-state index is 12.5. The maximum Gasteiger partial charge on any atom is 0.244 e. The molecule has 1 heterocycles. The molecule has 1 N–H and O–H groups in total. The van der Waals surface area contributed by atoms with Crippen molar-refractivity contribution in [2.75, 3.05) is 51.6 Å². The molecular formula is C22H27BrN4O2. The van der Waals surface area contributed by atoms with Crippen molar-refractivity contribution in [2.24, 2.45) is 0 Å². The molecule has 0 spiro atoms. The molecule has 0 saturated carbocycles. The van der Waals surface area contributed by atoms with Gasteiger partial charge in [0.15, 0.2) is 0 Å². The van der Waals surface area contributed by atoms with Crippen LogP contribution >= 0.6 is 15.9 Å². The van der Waals surface area contributed by atoms with Crippen LogP contribution in [-0.4, -0.2) is 72.8 Å². The summed E-state index contributed by atoms with van der Waals surface area (Å²) in [5, 5.41) is 2.83. The zero-order chi connectivity index (χ0) is 20.6. The van der Waals surface area contributed by atoms with Crippen LogP contribution in [0.2, 0.25) is 0 Å². The lowest BCUT2D eigenvalue weighted by molar-refractivity contribution is -0.134. The van der Waals surface area contributed by atoms with E-state index in [1.54, 1.807) is 7.05 Å². The standard InChI is InChI=1S/C22H27BrN4O2/c1-25(16-21(28)24-20-10-6-5-9-19(20)23)22(29)17-27-13-11-26(12-14-27)15-18-7-3-2-4-8-18/h2-10H,11-17H2,1H3,(H,24,28). The number of para-hydroxylation sites is 1. The molecule has 0 aromatic heterocycles. The van der Waals surface area contributed by atoms with Crippen molar-refractivity contribution in [1.29, 1.82) is 0 Å². The van der Waals surface area contributed by atoms with Gasteiger partial charge in [0.05, 0.1) is 18.8 Å². The third-order valence-electron chi connectivity index (χ3n) is 5.03. The highest BCUT2D eigenvalue weighted by atomic mass is 79.9. The molecule has 7 heteroatoms. The number of likely N-dealkylation sites (N-methyl/N-ethyl adjacent to an activating group) is 1. The summed E-state index contributed by atoms with van der Waals surface area (Å²) in [7, 11) is 1.67. The number of piperazine rings is 1. The number of nitrogens with zero attached hydrogens (tertiary/aromatic N) is 3. The molecule has 0 radical (unpaired) electrons. The molecule has 6 nitrogen and oxygen atoms in total. The SMILES string of the molecule is CN(CC(=O)Nc1ccccc1Br)C(=O)CN1CCN(Cc2ccccc2)CC1. The Balaban J connectivity index is 1.40. The van der Waals surface area contributed by atoms with E-state index in [9.17, 15) is 9.59 Å². The fourth-order valence-corrected chi connectivity index (χ4v) is 3.70. The van der Waals surface area contributed by atoms with Gasteiger partial charge in [0.2, 0.25) is 11.8 Å². The second-order valence-electron chi connectivity index (χ2n) is 7.32. The first-order valence-electron chi connectivity index (χ1n) is 9.78. The fourth-order valence-electron chi connectivity index (χ4n) is 3.32. The molecule has 3 rings (SSSR count). The topological polar surface area (TPSA) is 55.9 Å². The van der Waals surface area contributed by atoms with Crippen molar-refractivity contribution in [1.82, 2.24) is 14.7 Å². The highest BCUT2D eigenvalue weighted by Crippen LogP contribution is 2.21. The van der Waals surface area contributed by atoms with Crippen LogP contribution in [0.3, 0.4) is 0 Å². The number of carbonyl (C=O) groups excluding carboxylic acids is 2. The predicted molar refractivity (Wildman–Crippen MR) is 119 cm³/mol. The molecule has 2 aromatic rings. The van der Waals surface area contributed by atoms with Crippen LogP contribution in [0.15, 0.2) is 59.1 Å². The number of hydrogen-bond donors (Lipinski definition) is 1. The van der Waals surface area contributed by atoms with Crippen LogP contribution in [0.25, 0.3) is 0 Å². The van der Waals surface area contributed by atoms with Crippen LogP contribution in [0.5, 0.6) is 0 Å². The van der Waals surface area contributed by atoms with Crippen molar-refractivity contribution < 1.29 is 9.59 Å². The summed E-state index contributed by atoms with van der Waals surface area (Å²) in [6, 6.07) is 17.9. The van der Waals surface area contributed by atoms with Gasteiger partial charge in [-0.2, -0.15) is 0 Å². The Labute approximate surface area is 180 Å². The van der Waals surface area contributed by atoms with Gasteiger partial charge >= 0.3 is 0 Å². The Morgan fingerprint density at radius 3 is 2.28 bits per heavy atom. The zero-order valence-electron chi connectivity index (χ0n) is 16.7. The summed E-state index contributed by atoms with van der Waals surface area (Å²) in [4.78, 5) is 30.8. The van der Waals surface area contributed by atoms with E-state index in [0.717, 1.165) is 37.2 Å². The normalized spacial score (nSPS) is 15.1. The molecule has 2 aromatic carbocycles. The van der Waals surface area contributed by atoms with Gasteiger partial charge in [0, 0.05) is 44.2 Å². The number of nitrogens with one attached hydrogen (secondary N) is 1. The highest BCUT2D eigenvalue weighted by Gasteiger charge is 2.21. The van der Waals surface area contributed by atoms with Gasteiger partial charge in [-0.15, -0.1) is 0 Å². The molecule has 1 aliphatic heterocycles. The fraction of sp³-hybridized carbons (Fsp3) is 0.364. The first-order chi connectivity index (χ1) is 14.0. The summed E-state index contributed by atoms with van der Waals surface area (Å²) in [5.74, 6) is -0.246. The van der Waals surface area contributed by atoms with Gasteiger partial charge in [0.25, 0.3) is 0 Å². The van der Waals surface area contributed by atoms with Crippen LogP contribution in [0.1, 0.15) is 5.56 Å². The number of anilines is 1. The minimum absolute atomic E-state index is 0.0359. The Kier molecular flexibility index (Phi) is 7.80. The van der Waals surface area contributed by atoms with Gasteiger partial charge in [-0.05, 0) is 33.6 Å². The van der Waals surface area contributed by atoms with E-state index in [1.807, 2.05) is 30.3 Å². The molecular weight excluding hydrogens is 432 g/mol. The van der Waals surface area contributed by atoms with E-state index in [0.29, 0.717) is 12.2 Å². The molecule has 0 bridgehead atoms. The lowest BCUT2D eigenvalue weighted by Gasteiger charge is -2.35. The summed E-state index contributed by atoms with van der Waals surface area (Å²) in [5.41, 5.74) is 2.01. The Bertz CT molecular complexity index is 823. The van der Waals surface area contributed by atoms with Crippen molar-refractivity contribution in [3.63, 3.8) is 0 Å². The zero-order valence-corrected chi connectivity index (χ0v) is 18.3. The summed E-state index contributed by atoms with van der Waals surface area (Å²) in [6.07, 6.45) is 0. The summed E-state index contributed by atoms with van der Waals surface area (Å²) in [6.45, 7) is 4.91. The third kappa shape index (κ3) is 6.66. The van der Waals surface area contributed by atoms with Crippen LogP contribution in [-0.2, 0) is 16.1 Å². The maximum absolute atomic E-state index is 12.5. The molecule has 1 saturated heterocycles. The van der Waals surface area contributed by atoms with Crippen LogP contribution in [0.4, 0.5) is 5.69 Å². The van der Waals surface area contributed by atoms with E-state index >= 15 is 0 Å². The molecule has 1 aliphatic rings. The minimum atomic E-state index is -0.208. The van der Waals surface area contributed by atoms with E-state index < -0.39 is 0 Å². The lowest BCUT2D eigenvalue weighted by Crippen LogP contribution is -2.49.